The number of nitrogens with zero attached hydrogens (tertiary/aromatic N) is 1. The lowest BCUT2D eigenvalue weighted by Gasteiger charge is -2.36. The first-order valence-corrected chi connectivity index (χ1v) is 7.68. The van der Waals surface area contributed by atoms with E-state index in [1.54, 1.807) is 0 Å². The Hall–Kier alpha value is -1.71. The number of hydrogen-bond donors (Lipinski definition) is 1. The third kappa shape index (κ3) is 2.99. The molecule has 0 heterocycles. The molecule has 2 aromatic carbocycles. The minimum absolute atomic E-state index is 0.546. The summed E-state index contributed by atoms with van der Waals surface area (Å²) in [6.45, 7) is 5.65. The summed E-state index contributed by atoms with van der Waals surface area (Å²) in [6, 6.07) is 19.3. The fourth-order valence-electron chi connectivity index (χ4n) is 2.51. The monoisotopic (exact) mass is 299 g/mol. The van der Waals surface area contributed by atoms with Crippen LogP contribution in [-0.4, -0.2) is 28.1 Å². The number of rotatable bonds is 5. The molecule has 110 valence electrons. The molecule has 0 atom stereocenters. The van der Waals surface area contributed by atoms with Crippen molar-refractivity contribution >= 4 is 17.2 Å². The maximum Gasteiger partial charge on any atom is 0.165 e. The summed E-state index contributed by atoms with van der Waals surface area (Å²) in [6.07, 6.45) is 0. The fourth-order valence-corrected chi connectivity index (χ4v) is 3.01. The first-order valence-electron chi connectivity index (χ1n) is 7.27. The first kappa shape index (κ1) is 15.7. The molecule has 0 amide bonds. The third-order valence-electron chi connectivity index (χ3n) is 3.74. The van der Waals surface area contributed by atoms with Crippen molar-refractivity contribution in [3.8, 4) is 0 Å². The van der Waals surface area contributed by atoms with Crippen molar-refractivity contribution in [2.24, 2.45) is 0 Å². The van der Waals surface area contributed by atoms with E-state index in [-0.39, 0.29) is 0 Å². The molecule has 2 aromatic rings. The lowest BCUT2D eigenvalue weighted by Crippen LogP contribution is -2.46. The van der Waals surface area contributed by atoms with Gasteiger partial charge in [0.2, 0.25) is 0 Å². The summed E-state index contributed by atoms with van der Waals surface area (Å²) in [5, 5.41) is 11.5. The number of likely N-dealkylation sites (N-methyl/N-ethyl adjacent to an activating group) is 1. The predicted octanol–water partition coefficient (Wildman–Crippen LogP) is 3.59. The molecule has 0 saturated carbocycles. The van der Waals surface area contributed by atoms with Gasteiger partial charge in [0.25, 0.3) is 0 Å². The van der Waals surface area contributed by atoms with Crippen LogP contribution in [0.25, 0.3) is 0 Å². The zero-order valence-electron chi connectivity index (χ0n) is 12.5. The highest BCUT2D eigenvalue weighted by molar-refractivity contribution is 7.80. The number of benzene rings is 2. The molecule has 0 unspecified atom stereocenters. The van der Waals surface area contributed by atoms with Gasteiger partial charge in [0.15, 0.2) is 5.60 Å². The van der Waals surface area contributed by atoms with Crippen LogP contribution in [0.3, 0.4) is 0 Å². The molecule has 0 radical (unpaired) electrons. The van der Waals surface area contributed by atoms with Crippen molar-refractivity contribution in [3.63, 3.8) is 0 Å². The Bertz CT molecular complexity index is 539. The van der Waals surface area contributed by atoms with Crippen molar-refractivity contribution in [3.05, 3.63) is 71.8 Å². The molecule has 0 fully saturated rings. The van der Waals surface area contributed by atoms with Crippen LogP contribution >= 0.6 is 12.2 Å². The summed E-state index contributed by atoms with van der Waals surface area (Å²) in [7, 11) is 0. The van der Waals surface area contributed by atoms with E-state index in [2.05, 4.69) is 0 Å². The van der Waals surface area contributed by atoms with Crippen LogP contribution in [-0.2, 0) is 5.60 Å². The quantitative estimate of drug-likeness (QED) is 0.854. The van der Waals surface area contributed by atoms with Crippen LogP contribution in [0.4, 0.5) is 0 Å². The topological polar surface area (TPSA) is 23.5 Å². The van der Waals surface area contributed by atoms with Gasteiger partial charge in [-0.3, -0.25) is 0 Å². The summed E-state index contributed by atoms with van der Waals surface area (Å²) < 4.78 is 0. The molecule has 0 aliphatic carbocycles. The van der Waals surface area contributed by atoms with Crippen molar-refractivity contribution in [2.45, 2.75) is 19.4 Å². The second-order valence-electron chi connectivity index (χ2n) is 4.92. The lowest BCUT2D eigenvalue weighted by molar-refractivity contribution is 0.142. The molecule has 1 N–H and O–H groups in total. The van der Waals surface area contributed by atoms with E-state index in [0.29, 0.717) is 4.99 Å². The highest BCUT2D eigenvalue weighted by atomic mass is 32.1. The first-order chi connectivity index (χ1) is 10.1. The molecule has 21 heavy (non-hydrogen) atoms. The second-order valence-corrected chi connectivity index (χ2v) is 5.31. The molecule has 0 aliphatic rings. The normalized spacial score (nSPS) is 11.2. The van der Waals surface area contributed by atoms with Crippen molar-refractivity contribution < 1.29 is 5.11 Å². The number of hydrogen-bond acceptors (Lipinski definition) is 2. The zero-order chi connectivity index (χ0) is 15.3. The van der Waals surface area contributed by atoms with Gasteiger partial charge in [-0.15, -0.1) is 0 Å². The zero-order valence-corrected chi connectivity index (χ0v) is 13.3. The average molecular weight is 299 g/mol. The Morgan fingerprint density at radius 1 is 0.905 bits per heavy atom. The highest BCUT2D eigenvalue weighted by Gasteiger charge is 2.38. The molecular formula is C18H21NOS. The van der Waals surface area contributed by atoms with Crippen LogP contribution in [0.15, 0.2) is 60.7 Å². The third-order valence-corrected chi connectivity index (χ3v) is 4.30. The molecule has 0 spiro atoms. The molecule has 0 bridgehead atoms. The Labute approximate surface area is 132 Å². The maximum atomic E-state index is 11.5. The molecule has 0 aliphatic heterocycles. The number of aliphatic hydroxyl groups is 1. The van der Waals surface area contributed by atoms with Gasteiger partial charge in [-0.05, 0) is 25.0 Å². The Morgan fingerprint density at radius 3 is 1.62 bits per heavy atom. The molecular weight excluding hydrogens is 278 g/mol. The van der Waals surface area contributed by atoms with Gasteiger partial charge in [0, 0.05) is 13.1 Å². The largest absolute Gasteiger partial charge is 0.374 e. The average Bonchev–Trinajstić information content (AvgIpc) is 2.56. The van der Waals surface area contributed by atoms with Gasteiger partial charge in [0.05, 0.1) is 0 Å². The number of thiocarbonyl (C=S) groups is 1. The Kier molecular flexibility index (Phi) is 5.10. The van der Waals surface area contributed by atoms with Gasteiger partial charge in [-0.25, -0.2) is 0 Å². The van der Waals surface area contributed by atoms with Crippen molar-refractivity contribution in [1.29, 1.82) is 0 Å². The Balaban J connectivity index is 2.57. The van der Waals surface area contributed by atoms with Crippen LogP contribution in [0, 0.1) is 0 Å². The molecule has 0 saturated heterocycles. The second kappa shape index (κ2) is 6.83. The molecule has 2 nitrogen and oxygen atoms in total. The maximum absolute atomic E-state index is 11.5. The lowest BCUT2D eigenvalue weighted by atomic mass is 9.85. The van der Waals surface area contributed by atoms with Crippen molar-refractivity contribution in [2.75, 3.05) is 13.1 Å². The SMILES string of the molecule is CCN(CC)C(=S)C(O)(c1ccccc1)c1ccccc1. The minimum atomic E-state index is -1.27. The predicted molar refractivity (Wildman–Crippen MR) is 91.4 cm³/mol. The summed E-state index contributed by atoms with van der Waals surface area (Å²) in [5.41, 5.74) is 0.324. The fraction of sp³-hybridized carbons (Fsp3) is 0.278. The smallest absolute Gasteiger partial charge is 0.165 e. The standard InChI is InChI=1S/C18H21NOS/c1-3-19(4-2)17(21)18(20,15-11-7-5-8-12-15)16-13-9-6-10-14-16/h5-14,20H,3-4H2,1-2H3. The van der Waals surface area contributed by atoms with E-state index in [1.165, 1.54) is 0 Å². The van der Waals surface area contributed by atoms with E-state index in [0.717, 1.165) is 24.2 Å². The van der Waals surface area contributed by atoms with Crippen LogP contribution in [0.5, 0.6) is 0 Å². The van der Waals surface area contributed by atoms with Crippen LogP contribution in [0.2, 0.25) is 0 Å². The minimum Gasteiger partial charge on any atom is -0.374 e. The van der Waals surface area contributed by atoms with Gasteiger partial charge in [-0.2, -0.15) is 0 Å². The van der Waals surface area contributed by atoms with E-state index in [4.69, 9.17) is 12.2 Å². The molecule has 2 rings (SSSR count). The highest BCUT2D eigenvalue weighted by Crippen LogP contribution is 2.32. The van der Waals surface area contributed by atoms with Crippen LogP contribution < -0.4 is 0 Å². The van der Waals surface area contributed by atoms with Gasteiger partial charge in [-0.1, -0.05) is 72.9 Å². The Morgan fingerprint density at radius 2 is 1.29 bits per heavy atom. The summed E-state index contributed by atoms with van der Waals surface area (Å²) >= 11 is 5.65. The summed E-state index contributed by atoms with van der Waals surface area (Å²) in [5.74, 6) is 0. The van der Waals surface area contributed by atoms with E-state index >= 15 is 0 Å². The van der Waals surface area contributed by atoms with Gasteiger partial charge >= 0.3 is 0 Å². The van der Waals surface area contributed by atoms with E-state index < -0.39 is 5.60 Å². The van der Waals surface area contributed by atoms with Gasteiger partial charge in [0.1, 0.15) is 4.99 Å². The van der Waals surface area contributed by atoms with E-state index in [1.807, 2.05) is 79.4 Å². The van der Waals surface area contributed by atoms with Gasteiger partial charge < -0.3 is 10.0 Å². The molecule has 0 aromatic heterocycles. The molecule has 3 heteroatoms. The summed E-state index contributed by atoms with van der Waals surface area (Å²) in [4.78, 5) is 2.57. The van der Waals surface area contributed by atoms with Crippen LogP contribution in [0.1, 0.15) is 25.0 Å². The van der Waals surface area contributed by atoms with Crippen molar-refractivity contribution in [1.82, 2.24) is 4.90 Å². The van der Waals surface area contributed by atoms with E-state index in [9.17, 15) is 5.11 Å².